The minimum absolute atomic E-state index is 0.0578. The maximum absolute atomic E-state index is 13.4. The number of imidazole rings is 1. The predicted molar refractivity (Wildman–Crippen MR) is 158 cm³/mol. The zero-order valence-electron chi connectivity index (χ0n) is 23.5. The molecule has 40 heavy (non-hydrogen) atoms. The number of halogens is 2. The molecule has 3 N–H and O–H groups in total. The van der Waals surface area contributed by atoms with Crippen LogP contribution in [0.2, 0.25) is 10.2 Å². The Labute approximate surface area is 244 Å². The molecule has 5 rings (SSSR count). The molecule has 2 saturated heterocycles. The van der Waals surface area contributed by atoms with Crippen molar-refractivity contribution in [3.63, 3.8) is 0 Å². The third kappa shape index (κ3) is 5.32. The van der Waals surface area contributed by atoms with Crippen LogP contribution in [-0.4, -0.2) is 79.6 Å². The number of aromatic nitrogens is 4. The maximum Gasteiger partial charge on any atom is 0.271 e. The number of carbonyl (C=O) groups excluding carboxylic acids is 2. The van der Waals surface area contributed by atoms with Crippen molar-refractivity contribution in [2.24, 2.45) is 0 Å². The number of aromatic amines is 1. The summed E-state index contributed by atoms with van der Waals surface area (Å²) in [6, 6.07) is 4.27. The van der Waals surface area contributed by atoms with Crippen molar-refractivity contribution in [1.29, 1.82) is 0 Å². The van der Waals surface area contributed by atoms with Crippen LogP contribution in [0.4, 0.5) is 5.82 Å². The van der Waals surface area contributed by atoms with Crippen LogP contribution in [0.1, 0.15) is 62.5 Å². The first-order valence-electron chi connectivity index (χ1n) is 13.5. The summed E-state index contributed by atoms with van der Waals surface area (Å²) >= 11 is 13.2. The molecule has 0 bridgehead atoms. The number of anilines is 1. The van der Waals surface area contributed by atoms with Crippen molar-refractivity contribution in [2.75, 3.05) is 31.5 Å². The van der Waals surface area contributed by atoms with Gasteiger partial charge in [0, 0.05) is 42.6 Å². The monoisotopic (exact) mass is 586 g/mol. The van der Waals surface area contributed by atoms with Crippen LogP contribution in [0, 0.1) is 0 Å². The van der Waals surface area contributed by atoms with Crippen LogP contribution in [0.25, 0.3) is 10.9 Å². The molecule has 0 spiro atoms. The zero-order chi connectivity index (χ0) is 28.9. The Morgan fingerprint density at radius 1 is 1.20 bits per heavy atom. The molecular weight excluding hydrogens is 551 g/mol. The number of nitrogens with zero attached hydrogens (tertiary/aromatic N) is 5. The van der Waals surface area contributed by atoms with Crippen LogP contribution in [0.3, 0.4) is 0 Å². The standard InChI is InChI=1S/C28H36Cl2N8O2/c1-7-23(39)37-11-16(12-37)32-27(40)24-25(30)33-22(38(24)17-13-36(14-17)15(2)3)10-31-26-18-8-19(28(4,5)6)20(29)9-21(18)34-35-26/h7-9,15-17H,1,10-14H2,2-6H3,(H,32,40)(H2,31,34,35). The van der Waals surface area contributed by atoms with Gasteiger partial charge in [0.2, 0.25) is 5.91 Å². The fourth-order valence-corrected chi connectivity index (χ4v) is 6.01. The average molecular weight is 588 g/mol. The fraction of sp³-hybridized carbons (Fsp3) is 0.500. The SMILES string of the molecule is C=CC(=O)N1CC(NC(=O)c2c(Cl)nc(CNc3n[nH]c4cc(Cl)c(C(C)(C)C)cc34)n2C2CN(C(C)C)C2)C1. The number of H-pyrrole nitrogens is 1. The Kier molecular flexibility index (Phi) is 7.62. The van der Waals surface area contributed by atoms with Crippen LogP contribution in [-0.2, 0) is 16.8 Å². The van der Waals surface area contributed by atoms with E-state index in [-0.39, 0.29) is 34.5 Å². The fourth-order valence-electron chi connectivity index (χ4n) is 5.29. The summed E-state index contributed by atoms with van der Waals surface area (Å²) in [6.07, 6.45) is 1.28. The lowest BCUT2D eigenvalue weighted by Crippen LogP contribution is -2.61. The van der Waals surface area contributed by atoms with Gasteiger partial charge >= 0.3 is 0 Å². The lowest BCUT2D eigenvalue weighted by Gasteiger charge is -2.44. The Morgan fingerprint density at radius 3 is 2.52 bits per heavy atom. The number of hydrogen-bond acceptors (Lipinski definition) is 6. The summed E-state index contributed by atoms with van der Waals surface area (Å²) in [5.41, 5.74) is 2.07. The van der Waals surface area contributed by atoms with E-state index in [1.54, 1.807) is 4.90 Å². The zero-order valence-corrected chi connectivity index (χ0v) is 25.0. The van der Waals surface area contributed by atoms with E-state index in [9.17, 15) is 9.59 Å². The first-order valence-corrected chi connectivity index (χ1v) is 14.3. The lowest BCUT2D eigenvalue weighted by molar-refractivity contribution is -0.130. The van der Waals surface area contributed by atoms with E-state index in [1.807, 2.05) is 10.6 Å². The number of fused-ring (bicyclic) bond motifs is 1. The Bertz CT molecular complexity index is 1460. The second-order valence-corrected chi connectivity index (χ2v) is 12.7. The van der Waals surface area contributed by atoms with Crippen molar-refractivity contribution in [3.8, 4) is 0 Å². The van der Waals surface area contributed by atoms with Gasteiger partial charge in [-0.1, -0.05) is 50.6 Å². The number of rotatable bonds is 8. The van der Waals surface area contributed by atoms with Crippen molar-refractivity contribution in [2.45, 2.75) is 64.7 Å². The normalized spacial score (nSPS) is 16.8. The quantitative estimate of drug-likeness (QED) is 0.338. The summed E-state index contributed by atoms with van der Waals surface area (Å²) in [4.78, 5) is 33.8. The molecule has 12 heteroatoms. The van der Waals surface area contributed by atoms with Crippen LogP contribution in [0.15, 0.2) is 24.8 Å². The molecule has 0 saturated carbocycles. The Morgan fingerprint density at radius 2 is 1.90 bits per heavy atom. The van der Waals surface area contributed by atoms with Crippen LogP contribution < -0.4 is 10.6 Å². The average Bonchev–Trinajstić information content (AvgIpc) is 3.36. The summed E-state index contributed by atoms with van der Waals surface area (Å²) in [7, 11) is 0. The molecule has 1 aromatic carbocycles. The van der Waals surface area contributed by atoms with Crippen LogP contribution >= 0.6 is 23.2 Å². The van der Waals surface area contributed by atoms with Gasteiger partial charge in [0.25, 0.3) is 5.91 Å². The number of likely N-dealkylation sites (tertiary alicyclic amines) is 2. The van der Waals surface area contributed by atoms with Gasteiger partial charge in [0.15, 0.2) is 11.0 Å². The Balaban J connectivity index is 1.39. The highest BCUT2D eigenvalue weighted by molar-refractivity contribution is 6.32. The number of hydrogen-bond donors (Lipinski definition) is 3. The van der Waals surface area contributed by atoms with Crippen molar-refractivity contribution in [3.05, 3.63) is 52.0 Å². The van der Waals surface area contributed by atoms with Crippen molar-refractivity contribution >= 4 is 51.7 Å². The van der Waals surface area contributed by atoms with Gasteiger partial charge in [-0.05, 0) is 43.0 Å². The molecule has 4 heterocycles. The number of carbonyl (C=O) groups is 2. The van der Waals surface area contributed by atoms with Crippen molar-refractivity contribution < 1.29 is 9.59 Å². The molecule has 2 aliphatic heterocycles. The first kappa shape index (κ1) is 28.4. The Hall–Kier alpha value is -3.08. The highest BCUT2D eigenvalue weighted by Gasteiger charge is 2.37. The topological polar surface area (TPSA) is 111 Å². The van der Waals surface area contributed by atoms with Gasteiger partial charge in [-0.3, -0.25) is 19.6 Å². The third-order valence-corrected chi connectivity index (χ3v) is 8.29. The molecule has 0 unspecified atom stereocenters. The summed E-state index contributed by atoms with van der Waals surface area (Å²) in [5, 5.41) is 15.7. The second-order valence-electron chi connectivity index (χ2n) is 11.9. The maximum atomic E-state index is 13.4. The highest BCUT2D eigenvalue weighted by Crippen LogP contribution is 2.35. The minimum Gasteiger partial charge on any atom is -0.361 e. The summed E-state index contributed by atoms with van der Waals surface area (Å²) in [6.45, 7) is 17.0. The predicted octanol–water partition coefficient (Wildman–Crippen LogP) is 4.37. The van der Waals surface area contributed by atoms with E-state index in [1.165, 1.54) is 6.08 Å². The van der Waals surface area contributed by atoms with E-state index < -0.39 is 0 Å². The molecular formula is C28H36Cl2N8O2. The van der Waals surface area contributed by atoms with E-state index in [0.717, 1.165) is 29.6 Å². The second kappa shape index (κ2) is 10.7. The van der Waals surface area contributed by atoms with Gasteiger partial charge < -0.3 is 20.1 Å². The molecule has 2 aromatic heterocycles. The van der Waals surface area contributed by atoms with Gasteiger partial charge in [0.05, 0.1) is 24.1 Å². The molecule has 0 atom stereocenters. The molecule has 0 radical (unpaired) electrons. The van der Waals surface area contributed by atoms with E-state index in [4.69, 9.17) is 23.2 Å². The van der Waals surface area contributed by atoms with E-state index in [2.05, 4.69) is 78.0 Å². The van der Waals surface area contributed by atoms with Gasteiger partial charge in [-0.15, -0.1) is 0 Å². The molecule has 0 aliphatic carbocycles. The molecule has 2 amide bonds. The molecule has 3 aromatic rings. The third-order valence-electron chi connectivity index (χ3n) is 7.72. The van der Waals surface area contributed by atoms with Crippen LogP contribution in [0.5, 0.6) is 0 Å². The highest BCUT2D eigenvalue weighted by atomic mass is 35.5. The van der Waals surface area contributed by atoms with E-state index in [0.29, 0.717) is 48.0 Å². The van der Waals surface area contributed by atoms with Gasteiger partial charge in [-0.2, -0.15) is 5.10 Å². The number of amides is 2. The molecule has 2 aliphatic rings. The number of benzene rings is 1. The first-order chi connectivity index (χ1) is 18.9. The van der Waals surface area contributed by atoms with Gasteiger partial charge in [-0.25, -0.2) is 4.98 Å². The smallest absolute Gasteiger partial charge is 0.271 e. The molecule has 214 valence electrons. The largest absolute Gasteiger partial charge is 0.361 e. The number of nitrogens with one attached hydrogen (secondary N) is 3. The molecule has 10 nitrogen and oxygen atoms in total. The minimum atomic E-state index is -0.294. The lowest BCUT2D eigenvalue weighted by atomic mass is 9.86. The van der Waals surface area contributed by atoms with Crippen molar-refractivity contribution in [1.82, 2.24) is 34.9 Å². The molecule has 2 fully saturated rings. The summed E-state index contributed by atoms with van der Waals surface area (Å²) in [5.74, 6) is 0.888. The summed E-state index contributed by atoms with van der Waals surface area (Å²) < 4.78 is 1.96. The van der Waals surface area contributed by atoms with E-state index >= 15 is 0 Å². The van der Waals surface area contributed by atoms with Gasteiger partial charge in [0.1, 0.15) is 11.5 Å².